The third-order valence-corrected chi connectivity index (χ3v) is 1.47. The molecule has 1 atom stereocenters. The first-order valence-electron chi connectivity index (χ1n) is 3.98. The molecule has 0 aliphatic carbocycles. The second-order valence-electron chi connectivity index (χ2n) is 2.70. The van der Waals surface area contributed by atoms with Gasteiger partial charge in [-0.05, 0) is 13.0 Å². The highest BCUT2D eigenvalue weighted by atomic mass is 16.2. The first-order valence-corrected chi connectivity index (χ1v) is 3.98. The smallest absolute Gasteiger partial charge is 0.270 e. The van der Waals surface area contributed by atoms with Gasteiger partial charge in [0.05, 0.1) is 6.04 Å². The minimum absolute atomic E-state index is 0.0245. The van der Waals surface area contributed by atoms with Gasteiger partial charge in [0, 0.05) is 6.20 Å². The first kappa shape index (κ1) is 10.1. The summed E-state index contributed by atoms with van der Waals surface area (Å²) < 4.78 is 0. The van der Waals surface area contributed by atoms with Crippen LogP contribution >= 0.6 is 0 Å². The van der Waals surface area contributed by atoms with Gasteiger partial charge in [-0.15, -0.1) is 0 Å². The average molecular weight is 194 g/mol. The maximum absolute atomic E-state index is 11.4. The van der Waals surface area contributed by atoms with Gasteiger partial charge in [0.1, 0.15) is 12.0 Å². The quantitative estimate of drug-likeness (QED) is 0.624. The van der Waals surface area contributed by atoms with Crippen molar-refractivity contribution in [3.8, 4) is 0 Å². The summed E-state index contributed by atoms with van der Waals surface area (Å²) in [6.07, 6.45) is 2.01. The molecule has 6 heteroatoms. The molecule has 1 heterocycles. The lowest BCUT2D eigenvalue weighted by molar-refractivity contribution is -0.109. The fraction of sp³-hybridized carbons (Fsp3) is 0.250. The average Bonchev–Trinajstić information content (AvgIpc) is 2.17. The van der Waals surface area contributed by atoms with E-state index in [1.165, 1.54) is 12.3 Å². The molecule has 14 heavy (non-hydrogen) atoms. The normalized spacial score (nSPS) is 11.8. The summed E-state index contributed by atoms with van der Waals surface area (Å²) in [4.78, 5) is 29.0. The van der Waals surface area contributed by atoms with E-state index in [0.717, 1.165) is 0 Å². The number of hydrogen-bond acceptors (Lipinski definition) is 5. The molecule has 0 saturated carbocycles. The van der Waals surface area contributed by atoms with Crippen molar-refractivity contribution < 1.29 is 9.59 Å². The molecule has 1 unspecified atom stereocenters. The minimum atomic E-state index is -0.543. The SMILES string of the molecule is CC(C=O)NC(=O)c1ccnc(N)n1. The zero-order valence-corrected chi connectivity index (χ0v) is 7.60. The maximum Gasteiger partial charge on any atom is 0.270 e. The highest BCUT2D eigenvalue weighted by Gasteiger charge is 2.10. The Morgan fingerprint density at radius 3 is 3.00 bits per heavy atom. The molecule has 0 spiro atoms. The second-order valence-corrected chi connectivity index (χ2v) is 2.70. The zero-order chi connectivity index (χ0) is 10.6. The van der Waals surface area contributed by atoms with Crippen LogP contribution in [0.5, 0.6) is 0 Å². The van der Waals surface area contributed by atoms with Gasteiger partial charge in [0.2, 0.25) is 5.95 Å². The van der Waals surface area contributed by atoms with Crippen molar-refractivity contribution in [2.75, 3.05) is 5.73 Å². The molecule has 1 aromatic rings. The predicted molar refractivity (Wildman–Crippen MR) is 49.4 cm³/mol. The molecule has 0 fully saturated rings. The van der Waals surface area contributed by atoms with E-state index in [2.05, 4.69) is 15.3 Å². The van der Waals surface area contributed by atoms with Gasteiger partial charge in [-0.2, -0.15) is 0 Å². The number of carbonyl (C=O) groups excluding carboxylic acids is 2. The lowest BCUT2D eigenvalue weighted by Gasteiger charge is -2.06. The molecule has 0 aromatic carbocycles. The van der Waals surface area contributed by atoms with E-state index in [1.54, 1.807) is 6.92 Å². The number of hydrogen-bond donors (Lipinski definition) is 2. The first-order chi connectivity index (χ1) is 6.63. The Bertz CT molecular complexity index is 353. The molecule has 1 rings (SSSR count). The fourth-order valence-electron chi connectivity index (χ4n) is 0.815. The van der Waals surface area contributed by atoms with Crippen LogP contribution in [0.4, 0.5) is 5.95 Å². The van der Waals surface area contributed by atoms with Crippen molar-refractivity contribution in [1.82, 2.24) is 15.3 Å². The van der Waals surface area contributed by atoms with Crippen LogP contribution in [0, 0.1) is 0 Å². The molecule has 0 radical (unpaired) electrons. The van der Waals surface area contributed by atoms with Gasteiger partial charge in [-0.25, -0.2) is 9.97 Å². The Morgan fingerprint density at radius 2 is 2.43 bits per heavy atom. The summed E-state index contributed by atoms with van der Waals surface area (Å²) in [6.45, 7) is 1.56. The Balaban J connectivity index is 2.74. The Kier molecular flexibility index (Phi) is 3.11. The van der Waals surface area contributed by atoms with Gasteiger partial charge in [0.25, 0.3) is 5.91 Å². The van der Waals surface area contributed by atoms with Crippen molar-refractivity contribution in [3.05, 3.63) is 18.0 Å². The van der Waals surface area contributed by atoms with Crippen LogP contribution < -0.4 is 11.1 Å². The number of aromatic nitrogens is 2. The molecular weight excluding hydrogens is 184 g/mol. The summed E-state index contributed by atoms with van der Waals surface area (Å²) in [5, 5.41) is 2.42. The van der Waals surface area contributed by atoms with E-state index in [4.69, 9.17) is 5.73 Å². The van der Waals surface area contributed by atoms with Crippen LogP contribution in [-0.2, 0) is 4.79 Å². The van der Waals surface area contributed by atoms with Crippen molar-refractivity contribution in [2.24, 2.45) is 0 Å². The van der Waals surface area contributed by atoms with E-state index in [-0.39, 0.29) is 11.6 Å². The number of nitrogens with one attached hydrogen (secondary N) is 1. The van der Waals surface area contributed by atoms with Gasteiger partial charge in [-0.3, -0.25) is 4.79 Å². The highest BCUT2D eigenvalue weighted by molar-refractivity contribution is 5.93. The lowest BCUT2D eigenvalue weighted by Crippen LogP contribution is -2.34. The van der Waals surface area contributed by atoms with Crippen LogP contribution in [-0.4, -0.2) is 28.2 Å². The standard InChI is InChI=1S/C8H10N4O2/c1-5(4-13)11-7(14)6-2-3-10-8(9)12-6/h2-5H,1H3,(H,11,14)(H2,9,10,12). The van der Waals surface area contributed by atoms with Crippen molar-refractivity contribution in [1.29, 1.82) is 0 Å². The van der Waals surface area contributed by atoms with Gasteiger partial charge in [-0.1, -0.05) is 0 Å². The molecule has 0 aliphatic rings. The third kappa shape index (κ3) is 2.51. The Hall–Kier alpha value is -1.98. The Morgan fingerprint density at radius 1 is 1.71 bits per heavy atom. The van der Waals surface area contributed by atoms with E-state index in [9.17, 15) is 9.59 Å². The summed E-state index contributed by atoms with van der Waals surface area (Å²) in [5.41, 5.74) is 5.43. The van der Waals surface area contributed by atoms with Gasteiger partial charge in [0.15, 0.2) is 0 Å². The van der Waals surface area contributed by atoms with E-state index in [0.29, 0.717) is 6.29 Å². The molecule has 0 saturated heterocycles. The lowest BCUT2D eigenvalue weighted by atomic mass is 10.3. The number of anilines is 1. The number of aldehydes is 1. The van der Waals surface area contributed by atoms with E-state index >= 15 is 0 Å². The monoisotopic (exact) mass is 194 g/mol. The second kappa shape index (κ2) is 4.31. The van der Waals surface area contributed by atoms with Crippen LogP contribution in [0.3, 0.4) is 0 Å². The summed E-state index contributed by atoms with van der Waals surface area (Å²) in [5.74, 6) is -0.421. The highest BCUT2D eigenvalue weighted by Crippen LogP contribution is 1.96. The molecule has 0 bridgehead atoms. The van der Waals surface area contributed by atoms with Crippen LogP contribution in [0.25, 0.3) is 0 Å². The largest absolute Gasteiger partial charge is 0.368 e. The summed E-state index contributed by atoms with van der Waals surface area (Å²) in [6, 6.07) is 0.877. The van der Waals surface area contributed by atoms with Crippen LogP contribution in [0.15, 0.2) is 12.3 Å². The molecule has 6 nitrogen and oxygen atoms in total. The molecule has 1 amide bonds. The number of nitrogens with zero attached hydrogens (tertiary/aromatic N) is 2. The molecule has 74 valence electrons. The van der Waals surface area contributed by atoms with Crippen molar-refractivity contribution >= 4 is 18.1 Å². The maximum atomic E-state index is 11.4. The molecule has 1 aromatic heterocycles. The third-order valence-electron chi connectivity index (χ3n) is 1.47. The minimum Gasteiger partial charge on any atom is -0.368 e. The topological polar surface area (TPSA) is 98.0 Å². The summed E-state index contributed by atoms with van der Waals surface area (Å²) in [7, 11) is 0. The number of nitrogens with two attached hydrogens (primary N) is 1. The zero-order valence-electron chi connectivity index (χ0n) is 7.60. The fourth-order valence-corrected chi connectivity index (χ4v) is 0.815. The molecule has 0 aliphatic heterocycles. The van der Waals surface area contributed by atoms with Gasteiger partial charge >= 0.3 is 0 Å². The van der Waals surface area contributed by atoms with E-state index < -0.39 is 11.9 Å². The van der Waals surface area contributed by atoms with Crippen LogP contribution in [0.1, 0.15) is 17.4 Å². The molecule has 3 N–H and O–H groups in total. The van der Waals surface area contributed by atoms with Crippen molar-refractivity contribution in [3.63, 3.8) is 0 Å². The predicted octanol–water partition coefficient (Wildman–Crippen LogP) is -0.624. The van der Waals surface area contributed by atoms with Crippen LogP contribution in [0.2, 0.25) is 0 Å². The number of rotatable bonds is 3. The number of carbonyl (C=O) groups is 2. The van der Waals surface area contributed by atoms with Gasteiger partial charge < -0.3 is 15.8 Å². The summed E-state index contributed by atoms with van der Waals surface area (Å²) >= 11 is 0. The van der Waals surface area contributed by atoms with Crippen molar-refractivity contribution in [2.45, 2.75) is 13.0 Å². The molecular formula is C8H10N4O2. The number of amides is 1. The van der Waals surface area contributed by atoms with E-state index in [1.807, 2.05) is 0 Å². The Labute approximate surface area is 80.5 Å². The number of nitrogen functional groups attached to an aromatic ring is 1.